The van der Waals surface area contributed by atoms with Crippen molar-refractivity contribution in [2.24, 2.45) is 0 Å². The number of carbonyl (C=O) groups is 1. The van der Waals surface area contributed by atoms with E-state index in [1.807, 2.05) is 56.4 Å². The van der Waals surface area contributed by atoms with Crippen LogP contribution in [0.15, 0.2) is 54.2 Å². The van der Waals surface area contributed by atoms with Crippen LogP contribution in [0.25, 0.3) is 16.3 Å². The first-order chi connectivity index (χ1) is 14.0. The maximum absolute atomic E-state index is 12.9. The highest BCUT2D eigenvalue weighted by molar-refractivity contribution is 7.13. The number of ketones is 1. The van der Waals surface area contributed by atoms with Crippen LogP contribution in [0, 0.1) is 25.2 Å². The molecule has 0 N–H and O–H groups in total. The van der Waals surface area contributed by atoms with Gasteiger partial charge in [0.2, 0.25) is 5.78 Å². The van der Waals surface area contributed by atoms with Crippen molar-refractivity contribution in [2.75, 3.05) is 0 Å². The highest BCUT2D eigenvalue weighted by atomic mass is 32.1. The number of aromatic nitrogens is 5. The van der Waals surface area contributed by atoms with E-state index in [1.165, 1.54) is 11.3 Å². The van der Waals surface area contributed by atoms with E-state index in [1.54, 1.807) is 22.3 Å². The third-order valence-corrected chi connectivity index (χ3v) is 5.15. The van der Waals surface area contributed by atoms with Gasteiger partial charge in [-0.15, -0.1) is 11.3 Å². The van der Waals surface area contributed by atoms with Crippen molar-refractivity contribution in [3.8, 4) is 22.3 Å². The first-order valence-electron chi connectivity index (χ1n) is 8.87. The molecule has 0 aliphatic carbocycles. The van der Waals surface area contributed by atoms with Gasteiger partial charge >= 0.3 is 0 Å². The summed E-state index contributed by atoms with van der Waals surface area (Å²) in [5.41, 5.74) is 3.39. The molecule has 4 aromatic rings. The van der Waals surface area contributed by atoms with Crippen LogP contribution in [0.2, 0.25) is 0 Å². The van der Waals surface area contributed by atoms with Crippen LogP contribution in [0.1, 0.15) is 33.6 Å². The van der Waals surface area contributed by atoms with Crippen LogP contribution in [0.4, 0.5) is 0 Å². The van der Waals surface area contributed by atoms with Crippen molar-refractivity contribution >= 4 is 17.1 Å². The Bertz CT molecular complexity index is 1200. The molecular formula is C21H16N6OS. The number of carbonyl (C=O) groups excluding carboxylic acids is 1. The summed E-state index contributed by atoms with van der Waals surface area (Å²) in [6, 6.07) is 13.5. The topological polar surface area (TPSA) is 97.3 Å². The molecule has 0 radical (unpaired) electrons. The fourth-order valence-electron chi connectivity index (χ4n) is 2.94. The van der Waals surface area contributed by atoms with Crippen molar-refractivity contribution in [3.05, 3.63) is 77.1 Å². The minimum Gasteiger partial charge on any atom is -0.290 e. The molecule has 0 spiro atoms. The number of rotatable bonds is 5. The van der Waals surface area contributed by atoms with Gasteiger partial charge in [-0.05, 0) is 32.0 Å². The molecule has 142 valence electrons. The molecule has 0 fully saturated rings. The fourth-order valence-corrected chi connectivity index (χ4v) is 3.72. The van der Waals surface area contributed by atoms with Crippen molar-refractivity contribution < 1.29 is 4.79 Å². The molecule has 3 aromatic heterocycles. The quantitative estimate of drug-likeness (QED) is 0.471. The minimum absolute atomic E-state index is 0.210. The maximum Gasteiger partial charge on any atom is 0.206 e. The van der Waals surface area contributed by atoms with Crippen LogP contribution < -0.4 is 0 Å². The second-order valence-electron chi connectivity index (χ2n) is 6.48. The lowest BCUT2D eigenvalue weighted by atomic mass is 10.0. The van der Waals surface area contributed by atoms with Crippen LogP contribution >= 0.6 is 11.3 Å². The average Bonchev–Trinajstić information content (AvgIpc) is 3.38. The zero-order valence-corrected chi connectivity index (χ0v) is 16.6. The zero-order chi connectivity index (χ0) is 20.4. The summed E-state index contributed by atoms with van der Waals surface area (Å²) < 4.78 is 1.75. The second kappa shape index (κ2) is 7.73. The number of Topliss-reactive ketones (excluding diaryl/α,β-unsaturated/α-hetero) is 1. The number of thiazole rings is 1. The minimum atomic E-state index is -1.09. The van der Waals surface area contributed by atoms with Crippen LogP contribution in [-0.4, -0.2) is 30.5 Å². The van der Waals surface area contributed by atoms with Gasteiger partial charge in [0.25, 0.3) is 0 Å². The Kier molecular flexibility index (Phi) is 4.97. The van der Waals surface area contributed by atoms with Gasteiger partial charge < -0.3 is 0 Å². The molecule has 0 aliphatic rings. The van der Waals surface area contributed by atoms with Gasteiger partial charge in [0.1, 0.15) is 10.7 Å². The molecule has 0 saturated carbocycles. The fraction of sp³-hybridized carbons (Fsp3) is 0.143. The molecule has 8 heteroatoms. The number of nitriles is 1. The molecule has 1 unspecified atom stereocenters. The Morgan fingerprint density at radius 2 is 1.86 bits per heavy atom. The van der Waals surface area contributed by atoms with Gasteiger partial charge in [0.15, 0.2) is 11.7 Å². The summed E-state index contributed by atoms with van der Waals surface area (Å²) in [6.07, 6.45) is 3.56. The molecule has 1 aromatic carbocycles. The summed E-state index contributed by atoms with van der Waals surface area (Å²) in [5.74, 6) is -1.28. The molecule has 0 bridgehead atoms. The molecule has 0 amide bonds. The highest BCUT2D eigenvalue weighted by Gasteiger charge is 2.27. The Morgan fingerprint density at radius 3 is 2.55 bits per heavy atom. The SMILES string of the molecule is Cc1cc(C)nc(C(C#N)C(=O)c2csc(-c3cnn(-c4ccccc4)c3)n2)n1. The van der Waals surface area contributed by atoms with Gasteiger partial charge in [-0.1, -0.05) is 18.2 Å². The summed E-state index contributed by atoms with van der Waals surface area (Å²) in [4.78, 5) is 25.8. The van der Waals surface area contributed by atoms with Gasteiger partial charge in [-0.25, -0.2) is 19.6 Å². The van der Waals surface area contributed by atoms with Crippen LogP contribution in [0.5, 0.6) is 0 Å². The Labute approximate surface area is 171 Å². The summed E-state index contributed by atoms with van der Waals surface area (Å²) >= 11 is 1.33. The third kappa shape index (κ3) is 3.81. The Morgan fingerprint density at radius 1 is 1.14 bits per heavy atom. The highest BCUT2D eigenvalue weighted by Crippen LogP contribution is 2.27. The molecule has 7 nitrogen and oxygen atoms in total. The van der Waals surface area contributed by atoms with E-state index < -0.39 is 11.7 Å². The normalized spacial score (nSPS) is 11.8. The number of nitrogens with zero attached hydrogens (tertiary/aromatic N) is 6. The third-order valence-electron chi connectivity index (χ3n) is 4.26. The molecular weight excluding hydrogens is 384 g/mol. The lowest BCUT2D eigenvalue weighted by molar-refractivity contribution is 0.0972. The number of para-hydroxylation sites is 1. The van der Waals surface area contributed by atoms with Crippen molar-refractivity contribution in [3.63, 3.8) is 0 Å². The van der Waals surface area contributed by atoms with Gasteiger partial charge in [-0.3, -0.25) is 4.79 Å². The van der Waals surface area contributed by atoms with Crippen molar-refractivity contribution in [1.82, 2.24) is 24.7 Å². The van der Waals surface area contributed by atoms with E-state index in [0.717, 1.165) is 11.3 Å². The first-order valence-corrected chi connectivity index (χ1v) is 9.75. The van der Waals surface area contributed by atoms with Crippen LogP contribution in [-0.2, 0) is 0 Å². The molecule has 3 heterocycles. The van der Waals surface area contributed by atoms with Crippen molar-refractivity contribution in [2.45, 2.75) is 19.8 Å². The zero-order valence-electron chi connectivity index (χ0n) is 15.8. The number of aryl methyl sites for hydroxylation is 2. The van der Waals surface area contributed by atoms with E-state index in [2.05, 4.69) is 20.1 Å². The Balaban J connectivity index is 1.61. The molecule has 4 rings (SSSR count). The summed E-state index contributed by atoms with van der Waals surface area (Å²) in [6.45, 7) is 3.62. The first kappa shape index (κ1) is 18.7. The van der Waals surface area contributed by atoms with E-state index in [9.17, 15) is 10.1 Å². The van der Waals surface area contributed by atoms with Gasteiger partial charge in [-0.2, -0.15) is 10.4 Å². The van der Waals surface area contributed by atoms with E-state index >= 15 is 0 Å². The Hall–Kier alpha value is -3.70. The second-order valence-corrected chi connectivity index (χ2v) is 7.34. The number of hydrogen-bond donors (Lipinski definition) is 0. The smallest absolute Gasteiger partial charge is 0.206 e. The summed E-state index contributed by atoms with van der Waals surface area (Å²) in [5, 5.41) is 16.2. The number of hydrogen-bond acceptors (Lipinski definition) is 7. The number of benzene rings is 1. The molecule has 0 aliphatic heterocycles. The van der Waals surface area contributed by atoms with Crippen molar-refractivity contribution in [1.29, 1.82) is 5.26 Å². The van der Waals surface area contributed by atoms with Gasteiger partial charge in [0, 0.05) is 28.5 Å². The van der Waals surface area contributed by atoms with E-state index in [0.29, 0.717) is 16.4 Å². The molecule has 0 saturated heterocycles. The lowest BCUT2D eigenvalue weighted by Gasteiger charge is -2.07. The van der Waals surface area contributed by atoms with Crippen LogP contribution in [0.3, 0.4) is 0 Å². The average molecular weight is 400 g/mol. The molecule has 29 heavy (non-hydrogen) atoms. The van der Waals surface area contributed by atoms with E-state index in [4.69, 9.17) is 0 Å². The van der Waals surface area contributed by atoms with Gasteiger partial charge in [0.05, 0.1) is 18.0 Å². The lowest BCUT2D eigenvalue weighted by Crippen LogP contribution is -2.15. The predicted molar refractivity (Wildman–Crippen MR) is 109 cm³/mol. The molecule has 1 atom stereocenters. The largest absolute Gasteiger partial charge is 0.290 e. The standard InChI is InChI=1S/C21H16N6OS/c1-13-8-14(2)25-20(24-13)17(9-22)19(28)18-12-29-21(26-18)15-10-23-27(11-15)16-6-4-3-5-7-16/h3-8,10-12,17H,1-2H3. The predicted octanol–water partition coefficient (Wildman–Crippen LogP) is 3.89. The maximum atomic E-state index is 12.9. The monoisotopic (exact) mass is 400 g/mol. The van der Waals surface area contributed by atoms with E-state index in [-0.39, 0.29) is 11.5 Å². The summed E-state index contributed by atoms with van der Waals surface area (Å²) in [7, 11) is 0.